The van der Waals surface area contributed by atoms with E-state index in [0.29, 0.717) is 62.6 Å². The van der Waals surface area contributed by atoms with Crippen LogP contribution in [0.25, 0.3) is 23.5 Å². The van der Waals surface area contributed by atoms with Crippen molar-refractivity contribution in [1.29, 1.82) is 0 Å². The molecule has 1 aliphatic rings. The molecular weight excluding hydrogens is 515 g/mol. The number of thiazole rings is 1. The van der Waals surface area contributed by atoms with Gasteiger partial charge < -0.3 is 18.8 Å². The van der Waals surface area contributed by atoms with Crippen LogP contribution < -0.4 is 14.8 Å². The molecule has 184 valence electrons. The Kier molecular flexibility index (Phi) is 8.12. The number of nitrogens with zero attached hydrogens (tertiary/aromatic N) is 2. The van der Waals surface area contributed by atoms with Crippen molar-refractivity contribution in [3.05, 3.63) is 65.7 Å². The average Bonchev–Trinajstić information content (AvgIpc) is 3.42. The van der Waals surface area contributed by atoms with Crippen molar-refractivity contribution >= 4 is 58.6 Å². The van der Waals surface area contributed by atoms with Gasteiger partial charge in [-0.05, 0) is 31.2 Å². The summed E-state index contributed by atoms with van der Waals surface area (Å²) in [5, 5.41) is 0.762. The lowest BCUT2D eigenvalue weighted by molar-refractivity contribution is -0.136. The van der Waals surface area contributed by atoms with Gasteiger partial charge >= 0.3 is 5.97 Å². The fourth-order valence-electron chi connectivity index (χ4n) is 3.52. The number of hydrogen-bond acceptors (Lipinski definition) is 7. The number of rotatable bonds is 6. The quantitative estimate of drug-likeness (QED) is 0.449. The molecule has 0 atom stereocenters. The number of aromatic nitrogens is 1. The smallest absolute Gasteiger partial charge is 0.333 e. The van der Waals surface area contributed by atoms with Gasteiger partial charge in [0.2, 0.25) is 5.91 Å². The number of furan rings is 1. The number of carbonyl (C=O) groups excluding carboxylic acids is 2. The Morgan fingerprint density at radius 1 is 1.17 bits per heavy atom. The summed E-state index contributed by atoms with van der Waals surface area (Å²) in [4.78, 5) is 39.8. The van der Waals surface area contributed by atoms with Gasteiger partial charge in [-0.2, -0.15) is 0 Å². The van der Waals surface area contributed by atoms with Gasteiger partial charge in [0.15, 0.2) is 0 Å². The van der Waals surface area contributed by atoms with Gasteiger partial charge in [-0.3, -0.25) is 14.2 Å². The SMILES string of the molecule is CCOC(=O)C=c1sc(=Cc2ccc(-c3cccc(Cl)c3Cl)o2)c(=O)n1CC(=O)N1CCOCC1. The van der Waals surface area contributed by atoms with E-state index in [2.05, 4.69) is 0 Å². The minimum atomic E-state index is -0.594. The van der Waals surface area contributed by atoms with Crippen molar-refractivity contribution in [2.45, 2.75) is 13.5 Å². The molecule has 3 aromatic rings. The fourth-order valence-corrected chi connectivity index (χ4v) is 4.93. The van der Waals surface area contributed by atoms with Crippen LogP contribution in [0.2, 0.25) is 10.0 Å². The molecule has 1 aromatic carbocycles. The molecule has 1 aliphatic heterocycles. The first-order chi connectivity index (χ1) is 16.9. The van der Waals surface area contributed by atoms with E-state index < -0.39 is 11.5 Å². The minimum Gasteiger partial charge on any atom is -0.463 e. The van der Waals surface area contributed by atoms with E-state index in [4.69, 9.17) is 37.1 Å². The van der Waals surface area contributed by atoms with Crippen LogP contribution in [-0.2, 0) is 25.6 Å². The van der Waals surface area contributed by atoms with Crippen molar-refractivity contribution in [2.75, 3.05) is 32.9 Å². The van der Waals surface area contributed by atoms with Crippen LogP contribution in [0.5, 0.6) is 0 Å². The average molecular weight is 537 g/mol. The summed E-state index contributed by atoms with van der Waals surface area (Å²) in [6.45, 7) is 3.48. The number of halogens is 2. The van der Waals surface area contributed by atoms with Crippen LogP contribution in [0.4, 0.5) is 0 Å². The van der Waals surface area contributed by atoms with Crippen LogP contribution in [0.3, 0.4) is 0 Å². The number of esters is 1. The summed E-state index contributed by atoms with van der Waals surface area (Å²) in [6.07, 6.45) is 2.78. The molecule has 1 saturated heterocycles. The maximum Gasteiger partial charge on any atom is 0.333 e. The van der Waals surface area contributed by atoms with Crippen LogP contribution in [0, 0.1) is 0 Å². The Morgan fingerprint density at radius 2 is 1.94 bits per heavy atom. The van der Waals surface area contributed by atoms with Crippen LogP contribution in [0.1, 0.15) is 12.7 Å². The van der Waals surface area contributed by atoms with Crippen LogP contribution in [-0.4, -0.2) is 54.3 Å². The second-order valence-electron chi connectivity index (χ2n) is 7.53. The van der Waals surface area contributed by atoms with Crippen molar-refractivity contribution in [2.24, 2.45) is 0 Å². The van der Waals surface area contributed by atoms with E-state index in [1.165, 1.54) is 10.6 Å². The lowest BCUT2D eigenvalue weighted by atomic mass is 10.2. The highest BCUT2D eigenvalue weighted by Crippen LogP contribution is 2.34. The number of hydrogen-bond donors (Lipinski definition) is 0. The molecule has 4 rings (SSSR count). The molecule has 8 nitrogen and oxygen atoms in total. The van der Waals surface area contributed by atoms with Gasteiger partial charge in [-0.15, -0.1) is 11.3 Å². The zero-order valence-corrected chi connectivity index (χ0v) is 21.1. The largest absolute Gasteiger partial charge is 0.463 e. The van der Waals surface area contributed by atoms with Gasteiger partial charge in [0.05, 0.1) is 40.5 Å². The zero-order chi connectivity index (χ0) is 24.9. The Balaban J connectivity index is 1.72. The van der Waals surface area contributed by atoms with E-state index in [0.717, 1.165) is 11.3 Å². The third-order valence-electron chi connectivity index (χ3n) is 5.24. The third-order valence-corrected chi connectivity index (χ3v) is 7.12. The van der Waals surface area contributed by atoms with Crippen molar-refractivity contribution < 1.29 is 23.5 Å². The lowest BCUT2D eigenvalue weighted by Crippen LogP contribution is -2.45. The first kappa shape index (κ1) is 25.2. The standard InChI is InChI=1S/C24H22Cl2N2O6S/c1-2-33-22(30)13-21-28(14-20(29)27-8-10-32-11-9-27)24(31)19(35-21)12-15-6-7-18(34-15)16-4-3-5-17(25)23(16)26/h3-7,12-13H,2,8-11,14H2,1H3. The summed E-state index contributed by atoms with van der Waals surface area (Å²) in [5.74, 6) is 0.0723. The maximum absolute atomic E-state index is 13.2. The molecule has 3 heterocycles. The Labute approximate surface area is 214 Å². The summed E-state index contributed by atoms with van der Waals surface area (Å²) in [7, 11) is 0. The van der Waals surface area contributed by atoms with E-state index in [1.54, 1.807) is 48.2 Å². The first-order valence-electron chi connectivity index (χ1n) is 10.9. The lowest BCUT2D eigenvalue weighted by Gasteiger charge is -2.26. The summed E-state index contributed by atoms with van der Waals surface area (Å²) in [5.41, 5.74) is 0.209. The normalized spacial score (nSPS) is 15.0. The number of carbonyl (C=O) groups is 2. The van der Waals surface area contributed by atoms with Crippen molar-refractivity contribution in [3.63, 3.8) is 0 Å². The molecule has 0 radical (unpaired) electrons. The van der Waals surface area contributed by atoms with E-state index in [1.807, 2.05) is 0 Å². The molecule has 0 N–H and O–H groups in total. The maximum atomic E-state index is 13.2. The number of benzene rings is 1. The molecule has 0 aliphatic carbocycles. The number of amides is 1. The highest BCUT2D eigenvalue weighted by Gasteiger charge is 2.19. The predicted octanol–water partition coefficient (Wildman–Crippen LogP) is 2.51. The topological polar surface area (TPSA) is 91.0 Å². The Hall–Kier alpha value is -2.85. The monoisotopic (exact) mass is 536 g/mol. The summed E-state index contributed by atoms with van der Waals surface area (Å²) >= 11 is 13.5. The van der Waals surface area contributed by atoms with Gasteiger partial charge in [0.1, 0.15) is 22.7 Å². The van der Waals surface area contributed by atoms with Gasteiger partial charge in [-0.1, -0.05) is 29.3 Å². The molecule has 0 saturated carbocycles. The van der Waals surface area contributed by atoms with Crippen LogP contribution >= 0.6 is 34.5 Å². The van der Waals surface area contributed by atoms with E-state index in [-0.39, 0.29) is 19.1 Å². The van der Waals surface area contributed by atoms with Gasteiger partial charge in [0.25, 0.3) is 5.56 Å². The number of ether oxygens (including phenoxy) is 2. The predicted molar refractivity (Wildman–Crippen MR) is 134 cm³/mol. The Morgan fingerprint density at radius 3 is 2.69 bits per heavy atom. The van der Waals surface area contributed by atoms with E-state index >= 15 is 0 Å². The minimum absolute atomic E-state index is 0.192. The summed E-state index contributed by atoms with van der Waals surface area (Å²) < 4.78 is 18.1. The van der Waals surface area contributed by atoms with Crippen LogP contribution in [0.15, 0.2) is 39.5 Å². The summed E-state index contributed by atoms with van der Waals surface area (Å²) in [6, 6.07) is 8.64. The number of morpholine rings is 1. The van der Waals surface area contributed by atoms with Gasteiger partial charge in [0, 0.05) is 24.7 Å². The molecule has 0 bridgehead atoms. The third kappa shape index (κ3) is 5.87. The molecule has 35 heavy (non-hydrogen) atoms. The Bertz CT molecular complexity index is 1420. The van der Waals surface area contributed by atoms with Gasteiger partial charge in [-0.25, -0.2) is 4.79 Å². The molecule has 0 unspecified atom stereocenters. The van der Waals surface area contributed by atoms with Crippen molar-refractivity contribution in [3.8, 4) is 11.3 Å². The zero-order valence-electron chi connectivity index (χ0n) is 18.8. The second kappa shape index (κ2) is 11.3. The molecule has 2 aromatic heterocycles. The van der Waals surface area contributed by atoms with Crippen molar-refractivity contribution in [1.82, 2.24) is 9.47 Å². The van der Waals surface area contributed by atoms with E-state index in [9.17, 15) is 14.4 Å². The highest BCUT2D eigenvalue weighted by molar-refractivity contribution is 7.07. The molecule has 0 spiro atoms. The molecular formula is C24H22Cl2N2O6S. The molecule has 11 heteroatoms. The second-order valence-corrected chi connectivity index (χ2v) is 9.38. The molecule has 1 fully saturated rings. The fraction of sp³-hybridized carbons (Fsp3) is 0.292. The first-order valence-corrected chi connectivity index (χ1v) is 12.4. The molecule has 1 amide bonds. The highest BCUT2D eigenvalue weighted by atomic mass is 35.5.